The first-order valence-corrected chi connectivity index (χ1v) is 9.12. The Hall–Kier alpha value is -2.75. The molecule has 2 aromatic rings. The molecule has 0 unspecified atom stereocenters. The third-order valence-corrected chi connectivity index (χ3v) is 5.05. The Morgan fingerprint density at radius 3 is 2.30 bits per heavy atom. The number of alkyl halides is 3. The van der Waals surface area contributed by atoms with Crippen LogP contribution in [0.1, 0.15) is 15.9 Å². The van der Waals surface area contributed by atoms with Crippen LogP contribution in [0.2, 0.25) is 0 Å². The summed E-state index contributed by atoms with van der Waals surface area (Å²) in [5.74, 6) is -0.481. The molecule has 2 rings (SSSR count). The molecule has 0 aliphatic rings. The lowest BCUT2D eigenvalue weighted by molar-refractivity contribution is -0.123. The van der Waals surface area contributed by atoms with Crippen LogP contribution in [-0.2, 0) is 10.0 Å². The highest BCUT2D eigenvalue weighted by atomic mass is 32.2. The van der Waals surface area contributed by atoms with Crippen molar-refractivity contribution in [3.05, 3.63) is 53.6 Å². The monoisotopic (exact) mass is 402 g/mol. The lowest BCUT2D eigenvalue weighted by Gasteiger charge is -2.13. The quantitative estimate of drug-likeness (QED) is 0.778. The van der Waals surface area contributed by atoms with E-state index in [1.165, 1.54) is 38.3 Å². The van der Waals surface area contributed by atoms with E-state index in [-0.39, 0.29) is 16.1 Å². The molecule has 0 saturated heterocycles. The molecule has 1 amide bonds. The number of rotatable bonds is 6. The Labute approximate surface area is 154 Å². The van der Waals surface area contributed by atoms with Crippen LogP contribution in [0.3, 0.4) is 0 Å². The Bertz CT molecular complexity index is 926. The lowest BCUT2D eigenvalue weighted by atomic mass is 10.1. The van der Waals surface area contributed by atoms with Crippen molar-refractivity contribution in [3.8, 4) is 5.75 Å². The Morgan fingerprint density at radius 1 is 1.11 bits per heavy atom. The molecule has 10 heteroatoms. The van der Waals surface area contributed by atoms with Crippen molar-refractivity contribution in [3.63, 3.8) is 0 Å². The van der Waals surface area contributed by atoms with Gasteiger partial charge in [-0.2, -0.15) is 13.2 Å². The SMILES string of the molecule is COc1ccc(NS(=O)(=O)c2cc(C(=O)NCC(F)(F)F)ccc2C)cc1. The van der Waals surface area contributed by atoms with Gasteiger partial charge in [-0.05, 0) is 48.9 Å². The summed E-state index contributed by atoms with van der Waals surface area (Å²) in [5, 5.41) is 1.71. The number of methoxy groups -OCH3 is 1. The van der Waals surface area contributed by atoms with Crippen LogP contribution in [0, 0.1) is 6.92 Å². The smallest absolute Gasteiger partial charge is 0.405 e. The maximum absolute atomic E-state index is 12.6. The number of hydrogen-bond donors (Lipinski definition) is 2. The molecule has 6 nitrogen and oxygen atoms in total. The molecule has 0 spiro atoms. The number of anilines is 1. The van der Waals surface area contributed by atoms with Crippen molar-refractivity contribution in [1.29, 1.82) is 0 Å². The molecular weight excluding hydrogens is 385 g/mol. The van der Waals surface area contributed by atoms with Crippen molar-refractivity contribution < 1.29 is 31.1 Å². The summed E-state index contributed by atoms with van der Waals surface area (Å²) in [6, 6.07) is 9.75. The molecular formula is C17H17F3N2O4S. The van der Waals surface area contributed by atoms with Crippen LogP contribution >= 0.6 is 0 Å². The van der Waals surface area contributed by atoms with Gasteiger partial charge in [0.25, 0.3) is 15.9 Å². The van der Waals surface area contributed by atoms with Crippen molar-refractivity contribution in [1.82, 2.24) is 5.32 Å². The number of amides is 1. The Balaban J connectivity index is 2.26. The topological polar surface area (TPSA) is 84.5 Å². The van der Waals surface area contributed by atoms with Gasteiger partial charge in [-0.1, -0.05) is 6.07 Å². The maximum atomic E-state index is 12.6. The summed E-state index contributed by atoms with van der Waals surface area (Å²) in [4.78, 5) is 11.7. The highest BCUT2D eigenvalue weighted by Gasteiger charge is 2.28. The second-order valence-corrected chi connectivity index (χ2v) is 7.26. The number of sulfonamides is 1. The molecule has 0 aliphatic heterocycles. The molecule has 27 heavy (non-hydrogen) atoms. The number of benzene rings is 2. The van der Waals surface area contributed by atoms with E-state index in [4.69, 9.17) is 4.74 Å². The summed E-state index contributed by atoms with van der Waals surface area (Å²) < 4.78 is 69.3. The fourth-order valence-corrected chi connectivity index (χ4v) is 3.51. The van der Waals surface area contributed by atoms with Gasteiger partial charge >= 0.3 is 6.18 Å². The maximum Gasteiger partial charge on any atom is 0.405 e. The number of nitrogens with one attached hydrogen (secondary N) is 2. The Morgan fingerprint density at radius 2 is 1.74 bits per heavy atom. The first kappa shape index (κ1) is 20.6. The van der Waals surface area contributed by atoms with Crippen LogP contribution in [0.25, 0.3) is 0 Å². The Kier molecular flexibility index (Phi) is 5.99. The van der Waals surface area contributed by atoms with E-state index in [0.29, 0.717) is 11.3 Å². The number of halogens is 3. The normalized spacial score (nSPS) is 11.7. The van der Waals surface area contributed by atoms with Gasteiger partial charge < -0.3 is 10.1 Å². The largest absolute Gasteiger partial charge is 0.497 e. The minimum Gasteiger partial charge on any atom is -0.497 e. The van der Waals surface area contributed by atoms with Crippen molar-refractivity contribution in [2.24, 2.45) is 0 Å². The van der Waals surface area contributed by atoms with Crippen LogP contribution in [0.5, 0.6) is 5.75 Å². The standard InChI is InChI=1S/C17H17F3N2O4S/c1-11-3-4-12(16(23)21-10-17(18,19)20)9-15(11)27(24,25)22-13-5-7-14(26-2)8-6-13/h3-9,22H,10H2,1-2H3,(H,21,23). The second-order valence-electron chi connectivity index (χ2n) is 5.61. The molecule has 0 fully saturated rings. The molecule has 0 atom stereocenters. The minimum atomic E-state index is -4.56. The van der Waals surface area contributed by atoms with Crippen LogP contribution in [0.4, 0.5) is 18.9 Å². The van der Waals surface area contributed by atoms with E-state index in [1.54, 1.807) is 17.4 Å². The molecule has 0 saturated carbocycles. The van der Waals surface area contributed by atoms with Gasteiger partial charge in [0, 0.05) is 11.3 Å². The molecule has 2 N–H and O–H groups in total. The number of aryl methyl sites for hydroxylation is 1. The summed E-state index contributed by atoms with van der Waals surface area (Å²) in [5.41, 5.74) is 0.408. The van der Waals surface area contributed by atoms with E-state index in [2.05, 4.69) is 4.72 Å². The molecule has 0 heterocycles. The predicted octanol–water partition coefficient (Wildman–Crippen LogP) is 3.10. The van der Waals surface area contributed by atoms with Gasteiger partial charge in [0.05, 0.1) is 12.0 Å². The number of ether oxygens (including phenoxy) is 1. The summed E-state index contributed by atoms with van der Waals surface area (Å²) >= 11 is 0. The first-order chi connectivity index (χ1) is 12.5. The molecule has 0 bridgehead atoms. The van der Waals surface area contributed by atoms with Crippen molar-refractivity contribution in [2.45, 2.75) is 18.0 Å². The van der Waals surface area contributed by atoms with Crippen LogP contribution < -0.4 is 14.8 Å². The summed E-state index contributed by atoms with van der Waals surface area (Å²) in [6.45, 7) is 0.00583. The zero-order valence-electron chi connectivity index (χ0n) is 14.4. The zero-order chi connectivity index (χ0) is 20.2. The molecule has 0 aromatic heterocycles. The van der Waals surface area contributed by atoms with E-state index in [0.717, 1.165) is 6.07 Å². The fourth-order valence-electron chi connectivity index (χ4n) is 2.18. The summed E-state index contributed by atoms with van der Waals surface area (Å²) in [6.07, 6.45) is -4.56. The average Bonchev–Trinajstić information content (AvgIpc) is 2.59. The molecule has 2 aromatic carbocycles. The predicted molar refractivity (Wildman–Crippen MR) is 93.4 cm³/mol. The van der Waals surface area contributed by atoms with Gasteiger partial charge in [0.2, 0.25) is 0 Å². The highest BCUT2D eigenvalue weighted by molar-refractivity contribution is 7.92. The minimum absolute atomic E-state index is 0.194. The van der Waals surface area contributed by atoms with Gasteiger partial charge in [-0.15, -0.1) is 0 Å². The average molecular weight is 402 g/mol. The molecule has 0 aliphatic carbocycles. The van der Waals surface area contributed by atoms with E-state index < -0.39 is 28.7 Å². The van der Waals surface area contributed by atoms with Gasteiger partial charge in [-0.25, -0.2) is 8.42 Å². The van der Waals surface area contributed by atoms with Gasteiger partial charge in [0.1, 0.15) is 12.3 Å². The van der Waals surface area contributed by atoms with E-state index in [9.17, 15) is 26.4 Å². The number of carbonyl (C=O) groups is 1. The second kappa shape index (κ2) is 7.87. The van der Waals surface area contributed by atoms with Crippen LogP contribution in [0.15, 0.2) is 47.4 Å². The van der Waals surface area contributed by atoms with Crippen molar-refractivity contribution in [2.75, 3.05) is 18.4 Å². The van der Waals surface area contributed by atoms with E-state index >= 15 is 0 Å². The van der Waals surface area contributed by atoms with Crippen molar-refractivity contribution >= 4 is 21.6 Å². The highest BCUT2D eigenvalue weighted by Crippen LogP contribution is 2.22. The molecule has 0 radical (unpaired) electrons. The summed E-state index contributed by atoms with van der Waals surface area (Å²) in [7, 11) is -2.59. The number of hydrogen-bond acceptors (Lipinski definition) is 4. The van der Waals surface area contributed by atoms with Crippen LogP contribution in [-0.4, -0.2) is 34.2 Å². The fraction of sp³-hybridized carbons (Fsp3) is 0.235. The van der Waals surface area contributed by atoms with Gasteiger partial charge in [0.15, 0.2) is 0 Å². The number of carbonyl (C=O) groups excluding carboxylic acids is 1. The molecule has 146 valence electrons. The first-order valence-electron chi connectivity index (χ1n) is 7.64. The lowest BCUT2D eigenvalue weighted by Crippen LogP contribution is -2.33. The third kappa shape index (κ3) is 5.61. The van der Waals surface area contributed by atoms with E-state index in [1.807, 2.05) is 0 Å². The third-order valence-electron chi connectivity index (χ3n) is 3.53. The van der Waals surface area contributed by atoms with Gasteiger partial charge in [-0.3, -0.25) is 9.52 Å². The zero-order valence-corrected chi connectivity index (χ0v) is 15.2.